The predicted molar refractivity (Wildman–Crippen MR) is 65.4 cm³/mol. The topological polar surface area (TPSA) is 92.4 Å². The van der Waals surface area contributed by atoms with E-state index in [2.05, 4.69) is 30.6 Å². The van der Waals surface area contributed by atoms with E-state index >= 15 is 0 Å². The molecule has 7 nitrogen and oxygen atoms in total. The molecule has 18 heavy (non-hydrogen) atoms. The summed E-state index contributed by atoms with van der Waals surface area (Å²) >= 11 is 0. The third-order valence-corrected chi connectivity index (χ3v) is 2.65. The molecule has 0 saturated heterocycles. The average Bonchev–Trinajstić information content (AvgIpc) is 2.89. The summed E-state index contributed by atoms with van der Waals surface area (Å²) in [5.74, 6) is 0.0832. The van der Waals surface area contributed by atoms with E-state index in [9.17, 15) is 4.79 Å². The monoisotopic (exact) mass is 245 g/mol. The third kappa shape index (κ3) is 1.90. The van der Waals surface area contributed by atoms with E-state index in [4.69, 9.17) is 0 Å². The van der Waals surface area contributed by atoms with Crippen molar-refractivity contribution in [3.63, 3.8) is 0 Å². The van der Waals surface area contributed by atoms with Crippen molar-refractivity contribution in [3.8, 4) is 0 Å². The second kappa shape index (κ2) is 4.44. The zero-order valence-corrected chi connectivity index (χ0v) is 9.51. The van der Waals surface area contributed by atoms with Crippen LogP contribution >= 0.6 is 0 Å². The highest BCUT2D eigenvalue weighted by atomic mass is 16.6. The SMILES string of the molecule is O=C(Nc1cccc2nonc12)C1=NCCCN1. The molecule has 1 aromatic heterocycles. The van der Waals surface area contributed by atoms with Gasteiger partial charge in [-0.2, -0.15) is 0 Å². The molecule has 0 aliphatic carbocycles. The first-order chi connectivity index (χ1) is 8.84. The minimum Gasteiger partial charge on any atom is -0.366 e. The van der Waals surface area contributed by atoms with E-state index in [-0.39, 0.29) is 5.91 Å². The van der Waals surface area contributed by atoms with E-state index in [1.54, 1.807) is 18.2 Å². The molecule has 1 aliphatic heterocycles. The van der Waals surface area contributed by atoms with Crippen LogP contribution in [0.4, 0.5) is 5.69 Å². The summed E-state index contributed by atoms with van der Waals surface area (Å²) in [5, 5.41) is 13.2. The van der Waals surface area contributed by atoms with E-state index in [0.29, 0.717) is 29.1 Å². The number of aliphatic imine (C=N–C) groups is 1. The Bertz CT molecular complexity index is 619. The molecule has 0 atom stereocenters. The van der Waals surface area contributed by atoms with Crippen molar-refractivity contribution in [2.75, 3.05) is 18.4 Å². The molecule has 1 aliphatic rings. The summed E-state index contributed by atoms with van der Waals surface area (Å²) in [6.45, 7) is 1.44. The first-order valence-corrected chi connectivity index (χ1v) is 5.65. The fourth-order valence-electron chi connectivity index (χ4n) is 1.77. The summed E-state index contributed by atoms with van der Waals surface area (Å²) in [5.41, 5.74) is 1.70. The fraction of sp³-hybridized carbons (Fsp3) is 0.273. The molecule has 2 aromatic rings. The molecule has 92 valence electrons. The fourth-order valence-corrected chi connectivity index (χ4v) is 1.77. The Morgan fingerprint density at radius 3 is 3.17 bits per heavy atom. The predicted octanol–water partition coefficient (Wildman–Crippen LogP) is 0.553. The van der Waals surface area contributed by atoms with Gasteiger partial charge in [0.2, 0.25) is 0 Å². The highest BCUT2D eigenvalue weighted by molar-refractivity contribution is 6.42. The van der Waals surface area contributed by atoms with Gasteiger partial charge in [0.25, 0.3) is 5.91 Å². The Hall–Kier alpha value is -2.44. The number of amidine groups is 1. The van der Waals surface area contributed by atoms with Gasteiger partial charge in [-0.05, 0) is 28.9 Å². The lowest BCUT2D eigenvalue weighted by Gasteiger charge is -2.13. The van der Waals surface area contributed by atoms with Crippen LogP contribution in [0.15, 0.2) is 27.8 Å². The largest absolute Gasteiger partial charge is 0.366 e. The van der Waals surface area contributed by atoms with E-state index < -0.39 is 0 Å². The maximum Gasteiger partial charge on any atom is 0.290 e. The molecule has 2 heterocycles. The molecule has 1 aromatic carbocycles. The molecule has 3 rings (SSSR count). The molecular formula is C11H11N5O2. The van der Waals surface area contributed by atoms with Crippen LogP contribution in [0, 0.1) is 0 Å². The van der Waals surface area contributed by atoms with Crippen LogP contribution in [0.3, 0.4) is 0 Å². The maximum atomic E-state index is 11.9. The van der Waals surface area contributed by atoms with Gasteiger partial charge in [0.15, 0.2) is 11.4 Å². The van der Waals surface area contributed by atoms with Crippen LogP contribution in [0.1, 0.15) is 6.42 Å². The first-order valence-electron chi connectivity index (χ1n) is 5.65. The van der Waals surface area contributed by atoms with E-state index in [1.807, 2.05) is 0 Å². The first kappa shape index (κ1) is 10.7. The summed E-state index contributed by atoms with van der Waals surface area (Å²) in [7, 11) is 0. The standard InChI is InChI=1S/C11H11N5O2/c17-11(10-12-5-2-6-13-10)14-7-3-1-4-8-9(7)16-18-15-8/h1,3-4H,2,5-6H2,(H,12,13)(H,14,17). The Balaban J connectivity index is 1.86. The smallest absolute Gasteiger partial charge is 0.290 e. The molecule has 7 heteroatoms. The number of aromatic nitrogens is 2. The van der Waals surface area contributed by atoms with Crippen LogP contribution < -0.4 is 10.6 Å². The number of fused-ring (bicyclic) bond motifs is 1. The van der Waals surface area contributed by atoms with Crippen molar-refractivity contribution < 1.29 is 9.42 Å². The molecule has 0 fully saturated rings. The van der Waals surface area contributed by atoms with Gasteiger partial charge >= 0.3 is 0 Å². The number of hydrogen-bond donors (Lipinski definition) is 2. The summed E-state index contributed by atoms with van der Waals surface area (Å²) in [6.07, 6.45) is 0.944. The van der Waals surface area contributed by atoms with Crippen molar-refractivity contribution in [2.45, 2.75) is 6.42 Å². The van der Waals surface area contributed by atoms with E-state index in [1.165, 1.54) is 0 Å². The van der Waals surface area contributed by atoms with Crippen LogP contribution in [-0.2, 0) is 4.79 Å². The van der Waals surface area contributed by atoms with Gasteiger partial charge in [-0.1, -0.05) is 6.07 Å². The number of carbonyl (C=O) groups is 1. The molecule has 2 N–H and O–H groups in total. The number of nitrogens with one attached hydrogen (secondary N) is 2. The number of rotatable bonds is 2. The van der Waals surface area contributed by atoms with Crippen molar-refractivity contribution in [1.29, 1.82) is 0 Å². The number of anilines is 1. The van der Waals surface area contributed by atoms with Crippen LogP contribution in [0.25, 0.3) is 11.0 Å². The third-order valence-electron chi connectivity index (χ3n) is 2.65. The number of hydrogen-bond acceptors (Lipinski definition) is 6. The van der Waals surface area contributed by atoms with Gasteiger partial charge in [-0.25, -0.2) is 4.63 Å². The second-order valence-corrected chi connectivity index (χ2v) is 3.90. The minimum atomic E-state index is -0.273. The Labute approximate surface area is 102 Å². The molecular weight excluding hydrogens is 234 g/mol. The molecule has 0 saturated carbocycles. The Morgan fingerprint density at radius 1 is 1.39 bits per heavy atom. The lowest BCUT2D eigenvalue weighted by atomic mass is 10.2. The lowest BCUT2D eigenvalue weighted by molar-refractivity contribution is -0.110. The number of nitrogens with zero attached hydrogens (tertiary/aromatic N) is 3. The maximum absolute atomic E-state index is 11.9. The molecule has 0 unspecified atom stereocenters. The van der Waals surface area contributed by atoms with Crippen molar-refractivity contribution in [2.24, 2.45) is 4.99 Å². The quantitative estimate of drug-likeness (QED) is 0.806. The van der Waals surface area contributed by atoms with Crippen LogP contribution in [0.5, 0.6) is 0 Å². The van der Waals surface area contributed by atoms with E-state index in [0.717, 1.165) is 13.0 Å². The number of carbonyl (C=O) groups excluding carboxylic acids is 1. The van der Waals surface area contributed by atoms with Crippen LogP contribution in [-0.4, -0.2) is 35.1 Å². The van der Waals surface area contributed by atoms with Gasteiger partial charge < -0.3 is 10.6 Å². The highest BCUT2D eigenvalue weighted by Gasteiger charge is 2.15. The minimum absolute atomic E-state index is 0.273. The zero-order valence-electron chi connectivity index (χ0n) is 9.51. The van der Waals surface area contributed by atoms with Crippen molar-refractivity contribution in [1.82, 2.24) is 15.6 Å². The average molecular weight is 245 g/mol. The zero-order chi connectivity index (χ0) is 12.4. The lowest BCUT2D eigenvalue weighted by Crippen LogP contribution is -2.39. The normalized spacial score (nSPS) is 15.0. The second-order valence-electron chi connectivity index (χ2n) is 3.90. The number of amides is 1. The number of benzene rings is 1. The molecule has 1 amide bonds. The highest BCUT2D eigenvalue weighted by Crippen LogP contribution is 2.19. The Morgan fingerprint density at radius 2 is 2.33 bits per heavy atom. The van der Waals surface area contributed by atoms with Crippen LogP contribution in [0.2, 0.25) is 0 Å². The summed E-state index contributed by atoms with van der Waals surface area (Å²) in [6, 6.07) is 5.28. The van der Waals surface area contributed by atoms with Gasteiger partial charge in [0.1, 0.15) is 5.52 Å². The molecule has 0 bridgehead atoms. The van der Waals surface area contributed by atoms with Gasteiger partial charge in [-0.15, -0.1) is 0 Å². The van der Waals surface area contributed by atoms with Gasteiger partial charge in [0, 0.05) is 13.1 Å². The van der Waals surface area contributed by atoms with Gasteiger partial charge in [0.05, 0.1) is 5.69 Å². The van der Waals surface area contributed by atoms with Gasteiger partial charge in [-0.3, -0.25) is 9.79 Å². The molecule has 0 radical (unpaired) electrons. The van der Waals surface area contributed by atoms with Crippen molar-refractivity contribution >= 4 is 28.5 Å². The molecule has 0 spiro atoms. The summed E-state index contributed by atoms with van der Waals surface area (Å²) in [4.78, 5) is 16.1. The van der Waals surface area contributed by atoms with Crippen molar-refractivity contribution in [3.05, 3.63) is 18.2 Å². The Kier molecular flexibility index (Phi) is 2.64. The summed E-state index contributed by atoms with van der Waals surface area (Å²) < 4.78 is 4.64.